The summed E-state index contributed by atoms with van der Waals surface area (Å²) in [6, 6.07) is 9.09. The van der Waals surface area contributed by atoms with Gasteiger partial charge in [-0.15, -0.1) is 0 Å². The van der Waals surface area contributed by atoms with E-state index in [9.17, 15) is 0 Å². The molecule has 0 saturated carbocycles. The number of methoxy groups -OCH3 is 1. The predicted octanol–water partition coefficient (Wildman–Crippen LogP) is 2.42. The second-order valence-corrected chi connectivity index (χ2v) is 3.82. The third-order valence-electron chi connectivity index (χ3n) is 2.54. The monoisotopic (exact) mass is 222 g/mol. The minimum Gasteiger partial charge on any atom is -0.388 e. The lowest BCUT2D eigenvalue weighted by Gasteiger charge is -2.27. The first-order chi connectivity index (χ1) is 7.83. The Labute approximate surface area is 98.2 Å². The highest BCUT2D eigenvalue weighted by molar-refractivity contribution is 5.54. The number of fused-ring (bicyclic) bond motifs is 1. The van der Waals surface area contributed by atoms with Gasteiger partial charge >= 0.3 is 0 Å². The van der Waals surface area contributed by atoms with Gasteiger partial charge in [-0.1, -0.05) is 25.1 Å². The van der Waals surface area contributed by atoms with Crippen LogP contribution in [0.3, 0.4) is 0 Å². The van der Waals surface area contributed by atoms with E-state index >= 15 is 0 Å². The second kappa shape index (κ2) is 7.25. The van der Waals surface area contributed by atoms with Gasteiger partial charge in [0.05, 0.1) is 0 Å². The third kappa shape index (κ3) is 3.51. The van der Waals surface area contributed by atoms with Crippen LogP contribution in [-0.4, -0.2) is 27.3 Å². The van der Waals surface area contributed by atoms with Gasteiger partial charge in [0.15, 0.2) is 0 Å². The fraction of sp³-hybridized carbons (Fsp3) is 0.538. The molecule has 2 N–H and O–H groups in total. The Hall–Kier alpha value is -1.06. The lowest BCUT2D eigenvalue weighted by molar-refractivity contribution is 0.277. The number of anilines is 1. The SMILES string of the molecule is CCNC1CCNc2ccccc21.COC. The summed E-state index contributed by atoms with van der Waals surface area (Å²) in [7, 11) is 3.25. The fourth-order valence-corrected chi connectivity index (χ4v) is 1.93. The first-order valence-electron chi connectivity index (χ1n) is 5.79. The maximum absolute atomic E-state index is 4.25. The lowest BCUT2D eigenvalue weighted by Crippen LogP contribution is -2.27. The van der Waals surface area contributed by atoms with Crippen LogP contribution in [0.15, 0.2) is 24.3 Å². The minimum absolute atomic E-state index is 0.544. The first-order valence-corrected chi connectivity index (χ1v) is 5.79. The van der Waals surface area contributed by atoms with Gasteiger partial charge in [-0.05, 0) is 24.6 Å². The van der Waals surface area contributed by atoms with Crippen LogP contribution in [0.25, 0.3) is 0 Å². The van der Waals surface area contributed by atoms with Crippen molar-refractivity contribution < 1.29 is 4.74 Å². The Morgan fingerprint density at radius 2 is 2.06 bits per heavy atom. The summed E-state index contributed by atoms with van der Waals surface area (Å²) in [5.41, 5.74) is 2.70. The predicted molar refractivity (Wildman–Crippen MR) is 68.9 cm³/mol. The van der Waals surface area contributed by atoms with E-state index in [4.69, 9.17) is 0 Å². The zero-order chi connectivity index (χ0) is 11.8. The molecule has 0 radical (unpaired) electrons. The highest BCUT2D eigenvalue weighted by atomic mass is 16.4. The third-order valence-corrected chi connectivity index (χ3v) is 2.54. The Bertz CT molecular complexity index is 302. The molecule has 16 heavy (non-hydrogen) atoms. The molecule has 90 valence electrons. The topological polar surface area (TPSA) is 33.3 Å². The molecular formula is C13H22N2O. The number of rotatable bonds is 2. The summed E-state index contributed by atoms with van der Waals surface area (Å²) >= 11 is 0. The van der Waals surface area contributed by atoms with E-state index in [-0.39, 0.29) is 0 Å². The zero-order valence-corrected chi connectivity index (χ0v) is 10.4. The molecule has 1 atom stereocenters. The van der Waals surface area contributed by atoms with Crippen molar-refractivity contribution in [1.82, 2.24) is 5.32 Å². The Morgan fingerprint density at radius 3 is 2.75 bits per heavy atom. The van der Waals surface area contributed by atoms with E-state index in [0.29, 0.717) is 6.04 Å². The van der Waals surface area contributed by atoms with E-state index < -0.39 is 0 Å². The van der Waals surface area contributed by atoms with Crippen molar-refractivity contribution >= 4 is 5.69 Å². The molecule has 0 amide bonds. The Balaban J connectivity index is 0.000000386. The van der Waals surface area contributed by atoms with Crippen molar-refractivity contribution in [3.05, 3.63) is 29.8 Å². The molecule has 1 heterocycles. The van der Waals surface area contributed by atoms with Gasteiger partial charge in [0.25, 0.3) is 0 Å². The van der Waals surface area contributed by atoms with Crippen LogP contribution in [0.5, 0.6) is 0 Å². The number of benzene rings is 1. The molecule has 1 unspecified atom stereocenters. The molecule has 0 aromatic heterocycles. The number of nitrogens with one attached hydrogen (secondary N) is 2. The molecule has 1 aromatic rings. The van der Waals surface area contributed by atoms with Crippen molar-refractivity contribution in [2.24, 2.45) is 0 Å². The number of ether oxygens (including phenoxy) is 1. The van der Waals surface area contributed by atoms with Crippen LogP contribution >= 0.6 is 0 Å². The Morgan fingerprint density at radius 1 is 1.38 bits per heavy atom. The molecule has 1 aliphatic rings. The largest absolute Gasteiger partial charge is 0.388 e. The molecule has 2 rings (SSSR count). The van der Waals surface area contributed by atoms with Gasteiger partial charge in [-0.25, -0.2) is 0 Å². The van der Waals surface area contributed by atoms with Crippen LogP contribution in [0.1, 0.15) is 24.9 Å². The molecule has 3 heteroatoms. The highest BCUT2D eigenvalue weighted by Crippen LogP contribution is 2.28. The van der Waals surface area contributed by atoms with Crippen LogP contribution < -0.4 is 10.6 Å². The van der Waals surface area contributed by atoms with Crippen molar-refractivity contribution in [3.63, 3.8) is 0 Å². The van der Waals surface area contributed by atoms with E-state index in [0.717, 1.165) is 13.1 Å². The number of hydrogen-bond donors (Lipinski definition) is 2. The van der Waals surface area contributed by atoms with E-state index in [2.05, 4.69) is 46.6 Å². The minimum atomic E-state index is 0.544. The van der Waals surface area contributed by atoms with Crippen molar-refractivity contribution in [2.75, 3.05) is 32.6 Å². The van der Waals surface area contributed by atoms with E-state index in [1.54, 1.807) is 14.2 Å². The average Bonchev–Trinajstić information content (AvgIpc) is 2.31. The summed E-state index contributed by atoms with van der Waals surface area (Å²) in [6.45, 7) is 4.28. The fourth-order valence-electron chi connectivity index (χ4n) is 1.93. The number of para-hydroxylation sites is 1. The molecule has 0 bridgehead atoms. The normalized spacial score (nSPS) is 17.8. The van der Waals surface area contributed by atoms with Gasteiger partial charge in [-0.2, -0.15) is 0 Å². The molecule has 0 fully saturated rings. The van der Waals surface area contributed by atoms with Gasteiger partial charge in [-0.3, -0.25) is 0 Å². The first kappa shape index (κ1) is 13.0. The second-order valence-electron chi connectivity index (χ2n) is 3.82. The van der Waals surface area contributed by atoms with Crippen molar-refractivity contribution in [1.29, 1.82) is 0 Å². The molecule has 1 aromatic carbocycles. The van der Waals surface area contributed by atoms with Crippen LogP contribution in [-0.2, 0) is 4.74 Å². The van der Waals surface area contributed by atoms with Gasteiger partial charge in [0.1, 0.15) is 0 Å². The van der Waals surface area contributed by atoms with E-state index in [1.165, 1.54) is 17.7 Å². The Kier molecular flexibility index (Phi) is 5.90. The molecule has 1 aliphatic heterocycles. The lowest BCUT2D eigenvalue weighted by atomic mass is 9.98. The van der Waals surface area contributed by atoms with Crippen LogP contribution in [0.2, 0.25) is 0 Å². The maximum atomic E-state index is 4.25. The maximum Gasteiger partial charge on any atom is 0.0388 e. The molecular weight excluding hydrogens is 200 g/mol. The van der Waals surface area contributed by atoms with Crippen molar-refractivity contribution in [2.45, 2.75) is 19.4 Å². The van der Waals surface area contributed by atoms with Crippen LogP contribution in [0.4, 0.5) is 5.69 Å². The summed E-state index contributed by atoms with van der Waals surface area (Å²) in [5.74, 6) is 0. The van der Waals surface area contributed by atoms with Gasteiger partial charge in [0, 0.05) is 32.5 Å². The summed E-state index contributed by atoms with van der Waals surface area (Å²) in [4.78, 5) is 0. The zero-order valence-electron chi connectivity index (χ0n) is 10.4. The summed E-state index contributed by atoms with van der Waals surface area (Å²) < 4.78 is 4.25. The highest BCUT2D eigenvalue weighted by Gasteiger charge is 2.17. The average molecular weight is 222 g/mol. The van der Waals surface area contributed by atoms with Gasteiger partial charge < -0.3 is 15.4 Å². The smallest absolute Gasteiger partial charge is 0.0388 e. The van der Waals surface area contributed by atoms with Crippen LogP contribution in [0, 0.1) is 0 Å². The molecule has 3 nitrogen and oxygen atoms in total. The van der Waals surface area contributed by atoms with Crippen molar-refractivity contribution in [3.8, 4) is 0 Å². The van der Waals surface area contributed by atoms with E-state index in [1.807, 2.05) is 0 Å². The summed E-state index contributed by atoms with van der Waals surface area (Å²) in [6.07, 6.45) is 1.19. The molecule has 0 aliphatic carbocycles. The number of hydrogen-bond acceptors (Lipinski definition) is 3. The summed E-state index contributed by atoms with van der Waals surface area (Å²) in [5, 5.41) is 6.91. The molecule has 0 saturated heterocycles. The molecule has 0 spiro atoms. The standard InChI is InChI=1S/C11H16N2.C2H6O/c1-2-12-11-7-8-13-10-6-4-3-5-9(10)11;1-3-2/h3-6,11-13H,2,7-8H2,1H3;1-2H3. The van der Waals surface area contributed by atoms with Gasteiger partial charge in [0.2, 0.25) is 0 Å². The quantitative estimate of drug-likeness (QED) is 0.806.